The molecular formula is C14H17BrN2O4. The Bertz CT molecular complexity index is 519. The maximum absolute atomic E-state index is 11.8. The third kappa shape index (κ3) is 6.40. The average Bonchev–Trinajstić information content (AvgIpc) is 2.48. The zero-order valence-electron chi connectivity index (χ0n) is 11.6. The molecule has 0 bridgehead atoms. The summed E-state index contributed by atoms with van der Waals surface area (Å²) in [6.07, 6.45) is 0.807. The lowest BCUT2D eigenvalue weighted by Crippen LogP contribution is -2.34. The number of hydrogen-bond donors (Lipinski definition) is 2. The number of carbonyl (C=O) groups excluding carboxylic acids is 3. The summed E-state index contributed by atoms with van der Waals surface area (Å²) < 4.78 is 5.37. The van der Waals surface area contributed by atoms with E-state index in [2.05, 4.69) is 26.6 Å². The molecule has 0 aliphatic rings. The Morgan fingerprint density at radius 1 is 1.19 bits per heavy atom. The molecule has 0 radical (unpaired) electrons. The van der Waals surface area contributed by atoms with Crippen LogP contribution in [0.15, 0.2) is 28.7 Å². The predicted octanol–water partition coefficient (Wildman–Crippen LogP) is 1.25. The van der Waals surface area contributed by atoms with Gasteiger partial charge in [0.25, 0.3) is 11.8 Å². The van der Waals surface area contributed by atoms with Gasteiger partial charge in [-0.05, 0) is 34.5 Å². The highest BCUT2D eigenvalue weighted by atomic mass is 79.9. The molecule has 0 saturated heterocycles. The first-order chi connectivity index (χ1) is 10.0. The minimum Gasteiger partial charge on any atom is -0.454 e. The standard InChI is InChI=1S/C14H17BrN2O4/c1-2-7-16-12(18)9-21-13(19)8-17-14(20)10-5-3-4-6-11(10)15/h3-6H,2,7-9H2,1H3,(H,16,18)(H,17,20). The van der Waals surface area contributed by atoms with Crippen molar-refractivity contribution in [1.82, 2.24) is 10.6 Å². The summed E-state index contributed by atoms with van der Waals surface area (Å²) in [4.78, 5) is 34.5. The summed E-state index contributed by atoms with van der Waals surface area (Å²) >= 11 is 3.25. The lowest BCUT2D eigenvalue weighted by atomic mass is 10.2. The SMILES string of the molecule is CCCNC(=O)COC(=O)CNC(=O)c1ccccc1Br. The van der Waals surface area contributed by atoms with Gasteiger partial charge in [-0.15, -0.1) is 0 Å². The van der Waals surface area contributed by atoms with E-state index in [1.54, 1.807) is 24.3 Å². The molecular weight excluding hydrogens is 340 g/mol. The van der Waals surface area contributed by atoms with Crippen molar-refractivity contribution in [3.8, 4) is 0 Å². The van der Waals surface area contributed by atoms with Crippen molar-refractivity contribution in [3.05, 3.63) is 34.3 Å². The van der Waals surface area contributed by atoms with Gasteiger partial charge in [0.1, 0.15) is 6.54 Å². The van der Waals surface area contributed by atoms with Crippen molar-refractivity contribution in [2.45, 2.75) is 13.3 Å². The molecule has 1 aromatic rings. The fourth-order valence-corrected chi connectivity index (χ4v) is 1.87. The van der Waals surface area contributed by atoms with Crippen molar-refractivity contribution >= 4 is 33.7 Å². The summed E-state index contributed by atoms with van der Waals surface area (Å²) in [6, 6.07) is 6.86. The third-order valence-corrected chi connectivity index (χ3v) is 3.14. The van der Waals surface area contributed by atoms with Gasteiger partial charge in [0.2, 0.25) is 0 Å². The highest BCUT2D eigenvalue weighted by Crippen LogP contribution is 2.15. The van der Waals surface area contributed by atoms with Gasteiger partial charge >= 0.3 is 5.97 Å². The molecule has 1 rings (SSSR count). The number of rotatable bonds is 7. The molecule has 6 nitrogen and oxygen atoms in total. The third-order valence-electron chi connectivity index (χ3n) is 2.45. The summed E-state index contributed by atoms with van der Waals surface area (Å²) in [6.45, 7) is 1.82. The van der Waals surface area contributed by atoms with Crippen molar-refractivity contribution < 1.29 is 19.1 Å². The van der Waals surface area contributed by atoms with Crippen LogP contribution in [0.4, 0.5) is 0 Å². The van der Waals surface area contributed by atoms with Crippen molar-refractivity contribution in [3.63, 3.8) is 0 Å². The van der Waals surface area contributed by atoms with Crippen LogP contribution in [0.25, 0.3) is 0 Å². The van der Waals surface area contributed by atoms with Crippen molar-refractivity contribution in [2.75, 3.05) is 19.7 Å². The van der Waals surface area contributed by atoms with E-state index in [4.69, 9.17) is 4.74 Å². The quantitative estimate of drug-likeness (QED) is 0.720. The molecule has 7 heteroatoms. The Kier molecular flexibility index (Phi) is 7.45. The highest BCUT2D eigenvalue weighted by Gasteiger charge is 2.12. The lowest BCUT2D eigenvalue weighted by Gasteiger charge is -2.07. The Hall–Kier alpha value is -1.89. The lowest BCUT2D eigenvalue weighted by molar-refractivity contribution is -0.147. The molecule has 0 atom stereocenters. The van der Waals surface area contributed by atoms with Gasteiger partial charge in [0.05, 0.1) is 5.56 Å². The van der Waals surface area contributed by atoms with Crippen LogP contribution in [-0.2, 0) is 14.3 Å². The Morgan fingerprint density at radius 3 is 2.57 bits per heavy atom. The molecule has 0 spiro atoms. The molecule has 114 valence electrons. The first-order valence-corrected chi connectivity index (χ1v) is 7.29. The molecule has 21 heavy (non-hydrogen) atoms. The van der Waals surface area contributed by atoms with E-state index in [1.807, 2.05) is 6.92 Å². The zero-order chi connectivity index (χ0) is 15.7. The van der Waals surface area contributed by atoms with Crippen LogP contribution in [0.2, 0.25) is 0 Å². The molecule has 2 N–H and O–H groups in total. The second kappa shape index (κ2) is 9.12. The fourth-order valence-electron chi connectivity index (χ4n) is 1.41. The van der Waals surface area contributed by atoms with Gasteiger partial charge in [0.15, 0.2) is 6.61 Å². The van der Waals surface area contributed by atoms with E-state index in [9.17, 15) is 14.4 Å². The van der Waals surface area contributed by atoms with Crippen LogP contribution in [0.1, 0.15) is 23.7 Å². The summed E-state index contributed by atoms with van der Waals surface area (Å²) in [5, 5.41) is 5.01. The molecule has 0 aliphatic carbocycles. The first kappa shape index (κ1) is 17.2. The first-order valence-electron chi connectivity index (χ1n) is 6.49. The van der Waals surface area contributed by atoms with E-state index in [1.165, 1.54) is 0 Å². The van der Waals surface area contributed by atoms with E-state index >= 15 is 0 Å². The zero-order valence-corrected chi connectivity index (χ0v) is 13.2. The average molecular weight is 357 g/mol. The summed E-state index contributed by atoms with van der Waals surface area (Å²) in [5.41, 5.74) is 0.422. The van der Waals surface area contributed by atoms with Gasteiger partial charge in [-0.2, -0.15) is 0 Å². The van der Waals surface area contributed by atoms with Crippen LogP contribution in [-0.4, -0.2) is 37.5 Å². The van der Waals surface area contributed by atoms with Crippen LogP contribution in [0.3, 0.4) is 0 Å². The van der Waals surface area contributed by atoms with Gasteiger partial charge in [0, 0.05) is 11.0 Å². The number of ether oxygens (including phenoxy) is 1. The Balaban J connectivity index is 2.32. The maximum Gasteiger partial charge on any atom is 0.325 e. The van der Waals surface area contributed by atoms with E-state index in [0.717, 1.165) is 6.42 Å². The number of esters is 1. The second-order valence-electron chi connectivity index (χ2n) is 4.17. The van der Waals surface area contributed by atoms with Crippen LogP contribution in [0.5, 0.6) is 0 Å². The van der Waals surface area contributed by atoms with Gasteiger partial charge in [-0.3, -0.25) is 14.4 Å². The van der Waals surface area contributed by atoms with E-state index < -0.39 is 11.9 Å². The number of carbonyl (C=O) groups is 3. The van der Waals surface area contributed by atoms with E-state index in [-0.39, 0.29) is 19.1 Å². The monoisotopic (exact) mass is 356 g/mol. The molecule has 0 saturated carbocycles. The van der Waals surface area contributed by atoms with Crippen LogP contribution in [0, 0.1) is 0 Å². The molecule has 0 fully saturated rings. The smallest absolute Gasteiger partial charge is 0.325 e. The Labute approximate surface area is 131 Å². The largest absolute Gasteiger partial charge is 0.454 e. The molecule has 2 amide bonds. The van der Waals surface area contributed by atoms with Crippen molar-refractivity contribution in [2.24, 2.45) is 0 Å². The topological polar surface area (TPSA) is 84.5 Å². The van der Waals surface area contributed by atoms with Gasteiger partial charge in [-0.1, -0.05) is 19.1 Å². The summed E-state index contributed by atoms with van der Waals surface area (Å²) in [5.74, 6) is -1.42. The Morgan fingerprint density at radius 2 is 1.90 bits per heavy atom. The number of nitrogens with one attached hydrogen (secondary N) is 2. The van der Waals surface area contributed by atoms with Crippen molar-refractivity contribution in [1.29, 1.82) is 0 Å². The highest BCUT2D eigenvalue weighted by molar-refractivity contribution is 9.10. The maximum atomic E-state index is 11.8. The number of hydrogen-bond acceptors (Lipinski definition) is 4. The number of amides is 2. The second-order valence-corrected chi connectivity index (χ2v) is 5.03. The number of halogens is 1. The molecule has 0 aromatic heterocycles. The molecule has 0 heterocycles. The van der Waals surface area contributed by atoms with Gasteiger partial charge in [-0.25, -0.2) is 0 Å². The van der Waals surface area contributed by atoms with E-state index in [0.29, 0.717) is 16.6 Å². The molecule has 1 aromatic carbocycles. The number of benzene rings is 1. The summed E-state index contributed by atoms with van der Waals surface area (Å²) in [7, 11) is 0. The van der Waals surface area contributed by atoms with Gasteiger partial charge < -0.3 is 15.4 Å². The van der Waals surface area contributed by atoms with Crippen LogP contribution < -0.4 is 10.6 Å². The van der Waals surface area contributed by atoms with Crippen LogP contribution >= 0.6 is 15.9 Å². The molecule has 0 unspecified atom stereocenters. The minimum atomic E-state index is -0.665. The predicted molar refractivity (Wildman–Crippen MR) is 80.7 cm³/mol. The minimum absolute atomic E-state index is 0.290. The molecule has 0 aliphatic heterocycles. The normalized spacial score (nSPS) is 9.81. The fraction of sp³-hybridized carbons (Fsp3) is 0.357.